The van der Waals surface area contributed by atoms with Crippen molar-refractivity contribution in [1.29, 1.82) is 5.26 Å². The lowest BCUT2D eigenvalue weighted by Gasteiger charge is -2.10. The Balaban J connectivity index is 2.18. The molecule has 25 heavy (non-hydrogen) atoms. The molecule has 0 aromatic heterocycles. The SMILES string of the molecule is COc1ccccc1/C=C/C=C(\C#N)C(=O)Nc1c(C)cccc1C. The molecule has 0 radical (unpaired) electrons. The summed E-state index contributed by atoms with van der Waals surface area (Å²) in [5, 5.41) is 12.1. The summed E-state index contributed by atoms with van der Waals surface area (Å²) in [5.74, 6) is 0.301. The molecule has 0 atom stereocenters. The number of hydrogen-bond donors (Lipinski definition) is 1. The van der Waals surface area contributed by atoms with E-state index in [4.69, 9.17) is 4.74 Å². The molecule has 0 heterocycles. The molecular weight excluding hydrogens is 312 g/mol. The predicted octanol–water partition coefficient (Wildman–Crippen LogP) is 4.41. The summed E-state index contributed by atoms with van der Waals surface area (Å²) in [6.45, 7) is 3.83. The van der Waals surface area contributed by atoms with Crippen LogP contribution >= 0.6 is 0 Å². The molecule has 0 aliphatic carbocycles. The van der Waals surface area contributed by atoms with Gasteiger partial charge < -0.3 is 10.1 Å². The first-order chi connectivity index (χ1) is 12.1. The Kier molecular flexibility index (Phi) is 6.14. The zero-order valence-corrected chi connectivity index (χ0v) is 14.5. The zero-order valence-electron chi connectivity index (χ0n) is 14.5. The minimum atomic E-state index is -0.426. The summed E-state index contributed by atoms with van der Waals surface area (Å²) in [6.07, 6.45) is 4.96. The summed E-state index contributed by atoms with van der Waals surface area (Å²) in [5.41, 5.74) is 3.55. The van der Waals surface area contributed by atoms with Gasteiger partial charge in [-0.15, -0.1) is 0 Å². The van der Waals surface area contributed by atoms with Crippen molar-refractivity contribution in [1.82, 2.24) is 0 Å². The van der Waals surface area contributed by atoms with E-state index in [0.717, 1.165) is 28.1 Å². The van der Waals surface area contributed by atoms with Crippen LogP contribution in [0.3, 0.4) is 0 Å². The average Bonchev–Trinajstić information content (AvgIpc) is 2.62. The number of para-hydroxylation sites is 2. The zero-order chi connectivity index (χ0) is 18.2. The van der Waals surface area contributed by atoms with Crippen molar-refractivity contribution in [3.05, 3.63) is 76.9 Å². The molecule has 0 unspecified atom stereocenters. The highest BCUT2D eigenvalue weighted by molar-refractivity contribution is 6.07. The largest absolute Gasteiger partial charge is 0.496 e. The Morgan fingerprint density at radius 3 is 2.44 bits per heavy atom. The normalized spacial score (nSPS) is 11.2. The maximum atomic E-state index is 12.4. The van der Waals surface area contributed by atoms with Gasteiger partial charge in [-0.05, 0) is 37.1 Å². The van der Waals surface area contributed by atoms with E-state index in [1.54, 1.807) is 19.3 Å². The van der Waals surface area contributed by atoms with Crippen molar-refractivity contribution in [2.45, 2.75) is 13.8 Å². The van der Waals surface area contributed by atoms with Crippen molar-refractivity contribution >= 4 is 17.7 Å². The Morgan fingerprint density at radius 1 is 1.12 bits per heavy atom. The number of aryl methyl sites for hydroxylation is 2. The lowest BCUT2D eigenvalue weighted by molar-refractivity contribution is -0.112. The Hall–Kier alpha value is -3.32. The van der Waals surface area contributed by atoms with Crippen molar-refractivity contribution in [3.63, 3.8) is 0 Å². The molecule has 0 fully saturated rings. The van der Waals surface area contributed by atoms with Crippen LogP contribution in [0.1, 0.15) is 16.7 Å². The number of nitrogens with one attached hydrogen (secondary N) is 1. The number of anilines is 1. The van der Waals surface area contributed by atoms with Crippen LogP contribution in [0.15, 0.2) is 60.2 Å². The molecule has 2 rings (SSSR count). The van der Waals surface area contributed by atoms with Gasteiger partial charge in [0.2, 0.25) is 0 Å². The predicted molar refractivity (Wildman–Crippen MR) is 100 cm³/mol. The fourth-order valence-corrected chi connectivity index (χ4v) is 2.41. The second kappa shape index (κ2) is 8.51. The van der Waals surface area contributed by atoms with E-state index in [9.17, 15) is 10.1 Å². The Bertz CT molecular complexity index is 853. The number of allylic oxidation sites excluding steroid dienone is 2. The van der Waals surface area contributed by atoms with Gasteiger partial charge in [-0.1, -0.05) is 48.6 Å². The van der Waals surface area contributed by atoms with E-state index < -0.39 is 5.91 Å². The third-order valence-electron chi connectivity index (χ3n) is 3.76. The van der Waals surface area contributed by atoms with Crippen LogP contribution in [0.25, 0.3) is 6.08 Å². The van der Waals surface area contributed by atoms with Gasteiger partial charge in [-0.25, -0.2) is 0 Å². The topological polar surface area (TPSA) is 62.1 Å². The van der Waals surface area contributed by atoms with Crippen molar-refractivity contribution < 1.29 is 9.53 Å². The van der Waals surface area contributed by atoms with Crippen molar-refractivity contribution in [2.75, 3.05) is 12.4 Å². The molecule has 0 spiro atoms. The minimum Gasteiger partial charge on any atom is -0.496 e. The first-order valence-electron chi connectivity index (χ1n) is 7.86. The first-order valence-corrected chi connectivity index (χ1v) is 7.86. The van der Waals surface area contributed by atoms with Crippen LogP contribution in [0, 0.1) is 25.2 Å². The van der Waals surface area contributed by atoms with Crippen LogP contribution < -0.4 is 10.1 Å². The van der Waals surface area contributed by atoms with Crippen LogP contribution in [0.5, 0.6) is 5.75 Å². The number of nitriles is 1. The molecule has 4 nitrogen and oxygen atoms in total. The fourth-order valence-electron chi connectivity index (χ4n) is 2.41. The van der Waals surface area contributed by atoms with E-state index in [1.807, 2.05) is 62.4 Å². The smallest absolute Gasteiger partial charge is 0.266 e. The molecule has 4 heteroatoms. The maximum Gasteiger partial charge on any atom is 0.266 e. The van der Waals surface area contributed by atoms with E-state index in [1.165, 1.54) is 6.08 Å². The van der Waals surface area contributed by atoms with Gasteiger partial charge in [0.15, 0.2) is 0 Å². The third kappa shape index (κ3) is 4.58. The van der Waals surface area contributed by atoms with Crippen LogP contribution in [-0.4, -0.2) is 13.0 Å². The van der Waals surface area contributed by atoms with Gasteiger partial charge in [-0.3, -0.25) is 4.79 Å². The monoisotopic (exact) mass is 332 g/mol. The lowest BCUT2D eigenvalue weighted by atomic mass is 10.1. The summed E-state index contributed by atoms with van der Waals surface area (Å²) >= 11 is 0. The van der Waals surface area contributed by atoms with Gasteiger partial charge in [0.1, 0.15) is 17.4 Å². The number of carbonyl (C=O) groups excluding carboxylic acids is 1. The van der Waals surface area contributed by atoms with Crippen LogP contribution in [0.2, 0.25) is 0 Å². The molecule has 0 aliphatic rings. The Morgan fingerprint density at radius 2 is 1.80 bits per heavy atom. The summed E-state index contributed by atoms with van der Waals surface area (Å²) in [6, 6.07) is 15.2. The number of amides is 1. The standard InChI is InChI=1S/C21H20N2O2/c1-15-8-6-9-16(2)20(15)23-21(24)18(14-22)12-7-11-17-10-4-5-13-19(17)25-3/h4-13H,1-3H3,(H,23,24)/b11-7+,18-12+. The summed E-state index contributed by atoms with van der Waals surface area (Å²) < 4.78 is 5.27. The number of benzene rings is 2. The molecule has 0 saturated carbocycles. The quantitative estimate of drug-likeness (QED) is 0.501. The highest BCUT2D eigenvalue weighted by Gasteiger charge is 2.11. The number of ether oxygens (including phenoxy) is 1. The number of rotatable bonds is 5. The Labute approximate surface area is 148 Å². The van der Waals surface area contributed by atoms with Crippen LogP contribution in [0.4, 0.5) is 5.69 Å². The highest BCUT2D eigenvalue weighted by Crippen LogP contribution is 2.21. The van der Waals surface area contributed by atoms with E-state index >= 15 is 0 Å². The molecule has 1 N–H and O–H groups in total. The van der Waals surface area contributed by atoms with E-state index in [0.29, 0.717) is 0 Å². The molecule has 0 aliphatic heterocycles. The average molecular weight is 332 g/mol. The highest BCUT2D eigenvalue weighted by atomic mass is 16.5. The molecule has 1 amide bonds. The van der Waals surface area contributed by atoms with Gasteiger partial charge in [-0.2, -0.15) is 5.26 Å². The molecule has 0 saturated heterocycles. The summed E-state index contributed by atoms with van der Waals surface area (Å²) in [7, 11) is 1.60. The maximum absolute atomic E-state index is 12.4. The molecule has 2 aromatic carbocycles. The molecular formula is C21H20N2O2. The third-order valence-corrected chi connectivity index (χ3v) is 3.76. The lowest BCUT2D eigenvalue weighted by Crippen LogP contribution is -2.15. The summed E-state index contributed by atoms with van der Waals surface area (Å²) in [4.78, 5) is 12.4. The fraction of sp³-hybridized carbons (Fsp3) is 0.143. The van der Waals surface area contributed by atoms with Gasteiger partial charge in [0, 0.05) is 11.3 Å². The minimum absolute atomic E-state index is 0.0359. The van der Waals surface area contributed by atoms with Crippen molar-refractivity contribution in [2.24, 2.45) is 0 Å². The van der Waals surface area contributed by atoms with Crippen molar-refractivity contribution in [3.8, 4) is 11.8 Å². The second-order valence-corrected chi connectivity index (χ2v) is 5.51. The molecule has 2 aromatic rings. The second-order valence-electron chi connectivity index (χ2n) is 5.51. The van der Waals surface area contributed by atoms with Gasteiger partial charge in [0.25, 0.3) is 5.91 Å². The first kappa shape index (κ1) is 18.0. The number of nitrogens with zero attached hydrogens (tertiary/aromatic N) is 1. The number of hydrogen-bond acceptors (Lipinski definition) is 3. The van der Waals surface area contributed by atoms with Crippen LogP contribution in [-0.2, 0) is 4.79 Å². The van der Waals surface area contributed by atoms with Gasteiger partial charge >= 0.3 is 0 Å². The molecule has 0 bridgehead atoms. The van der Waals surface area contributed by atoms with Gasteiger partial charge in [0.05, 0.1) is 7.11 Å². The van der Waals surface area contributed by atoms with E-state index in [2.05, 4.69) is 5.32 Å². The number of carbonyl (C=O) groups is 1. The molecule has 126 valence electrons. The van der Waals surface area contributed by atoms with E-state index in [-0.39, 0.29) is 5.57 Å². The number of methoxy groups -OCH3 is 1.